The zero-order valence-electron chi connectivity index (χ0n) is 12.2. The molecule has 0 saturated heterocycles. The molecule has 2 amide bonds. The highest BCUT2D eigenvalue weighted by Gasteiger charge is 2.32. The van der Waals surface area contributed by atoms with Gasteiger partial charge in [0.2, 0.25) is 11.8 Å². The summed E-state index contributed by atoms with van der Waals surface area (Å²) in [5.74, 6) is 0.167. The number of hydrogen-bond acceptors (Lipinski definition) is 3. The number of nitrogens with one attached hydrogen (secondary N) is 3. The molecule has 0 spiro atoms. The van der Waals surface area contributed by atoms with Crippen molar-refractivity contribution in [3.63, 3.8) is 0 Å². The molecule has 1 heterocycles. The fourth-order valence-electron chi connectivity index (χ4n) is 2.79. The average molecular weight is 287 g/mol. The van der Waals surface area contributed by atoms with Gasteiger partial charge in [0.05, 0.1) is 11.4 Å². The molecule has 0 radical (unpaired) electrons. The first-order valence-corrected chi connectivity index (χ1v) is 7.64. The molecule has 0 bridgehead atoms. The molecule has 1 aromatic rings. The third-order valence-corrected chi connectivity index (χ3v) is 3.98. The van der Waals surface area contributed by atoms with Crippen molar-refractivity contribution >= 4 is 23.2 Å². The van der Waals surface area contributed by atoms with Gasteiger partial charge >= 0.3 is 0 Å². The fourth-order valence-corrected chi connectivity index (χ4v) is 2.79. The molecule has 112 valence electrons. The maximum Gasteiger partial charge on any atom is 0.233 e. The monoisotopic (exact) mass is 287 g/mol. The van der Waals surface area contributed by atoms with Crippen LogP contribution >= 0.6 is 0 Å². The lowest BCUT2D eigenvalue weighted by molar-refractivity contribution is -0.123. The fraction of sp³-hybridized carbons (Fsp3) is 0.500. The molecule has 1 unspecified atom stereocenters. The van der Waals surface area contributed by atoms with Crippen molar-refractivity contribution in [1.82, 2.24) is 5.32 Å². The summed E-state index contributed by atoms with van der Waals surface area (Å²) in [6.45, 7) is 3.14. The summed E-state index contributed by atoms with van der Waals surface area (Å²) in [5, 5.41) is 9.17. The van der Waals surface area contributed by atoms with Crippen LogP contribution in [-0.4, -0.2) is 18.4 Å². The van der Waals surface area contributed by atoms with Gasteiger partial charge in [-0.15, -0.1) is 0 Å². The topological polar surface area (TPSA) is 70.2 Å². The minimum Gasteiger partial charge on any atom is -0.324 e. The lowest BCUT2D eigenvalue weighted by Gasteiger charge is -2.20. The van der Waals surface area contributed by atoms with Crippen LogP contribution in [0.4, 0.5) is 11.4 Å². The maximum absolute atomic E-state index is 11.7. The molecule has 1 aromatic carbocycles. The van der Waals surface area contributed by atoms with Crippen molar-refractivity contribution < 1.29 is 9.59 Å². The van der Waals surface area contributed by atoms with E-state index in [0.29, 0.717) is 23.3 Å². The second kappa shape index (κ2) is 5.85. The molecule has 1 aliphatic heterocycles. The summed E-state index contributed by atoms with van der Waals surface area (Å²) < 4.78 is 0. The Bertz CT molecular complexity index is 567. The minimum absolute atomic E-state index is 0.121. The van der Waals surface area contributed by atoms with Gasteiger partial charge in [-0.2, -0.15) is 0 Å². The predicted octanol–water partition coefficient (Wildman–Crippen LogP) is 2.42. The van der Waals surface area contributed by atoms with Crippen molar-refractivity contribution in [2.24, 2.45) is 5.92 Å². The van der Waals surface area contributed by atoms with Gasteiger partial charge < -0.3 is 16.0 Å². The van der Waals surface area contributed by atoms with Crippen LogP contribution in [0.15, 0.2) is 18.2 Å². The van der Waals surface area contributed by atoms with Crippen LogP contribution in [0.25, 0.3) is 0 Å². The van der Waals surface area contributed by atoms with Crippen molar-refractivity contribution in [2.75, 3.05) is 17.2 Å². The molecule has 0 aromatic heterocycles. The number of rotatable bonds is 5. The number of amides is 2. The number of hydrogen-bond donors (Lipinski definition) is 3. The van der Waals surface area contributed by atoms with E-state index in [1.54, 1.807) is 0 Å². The molecule has 1 fully saturated rings. The van der Waals surface area contributed by atoms with Crippen molar-refractivity contribution in [3.05, 3.63) is 23.8 Å². The molecular weight excluding hydrogens is 266 g/mol. The number of fused-ring (bicyclic) bond motifs is 1. The van der Waals surface area contributed by atoms with Gasteiger partial charge in [0.25, 0.3) is 0 Å². The highest BCUT2D eigenvalue weighted by molar-refractivity contribution is 6.13. The van der Waals surface area contributed by atoms with Gasteiger partial charge in [0, 0.05) is 6.04 Å². The molecule has 5 heteroatoms. The molecule has 1 saturated carbocycles. The van der Waals surface area contributed by atoms with Gasteiger partial charge in [0.15, 0.2) is 0 Å². The largest absolute Gasteiger partial charge is 0.324 e. The summed E-state index contributed by atoms with van der Waals surface area (Å²) in [5.41, 5.74) is 2.56. The highest BCUT2D eigenvalue weighted by atomic mass is 16.2. The molecule has 5 nitrogen and oxygen atoms in total. The Morgan fingerprint density at radius 2 is 1.90 bits per heavy atom. The van der Waals surface area contributed by atoms with E-state index < -0.39 is 0 Å². The third-order valence-electron chi connectivity index (χ3n) is 3.98. The van der Waals surface area contributed by atoms with E-state index in [2.05, 4.69) is 22.9 Å². The van der Waals surface area contributed by atoms with Crippen LogP contribution in [0, 0.1) is 5.92 Å². The van der Waals surface area contributed by atoms with Gasteiger partial charge in [-0.25, -0.2) is 0 Å². The average Bonchev–Trinajstić information content (AvgIpc) is 3.26. The standard InChI is InChI=1S/C16H21N3O2/c1-2-7-17-16(10-3-4-10)11-5-6-12-13(8-11)19-15(21)9-14(20)18-12/h5-6,8,10,16-17H,2-4,7,9H2,1H3,(H,18,20)(H,19,21). The van der Waals surface area contributed by atoms with Gasteiger partial charge in [-0.05, 0) is 49.4 Å². The van der Waals surface area contributed by atoms with Gasteiger partial charge in [-0.1, -0.05) is 13.0 Å². The second-order valence-electron chi connectivity index (χ2n) is 5.85. The number of carbonyl (C=O) groups excluding carboxylic acids is 2. The molecular formula is C16H21N3O2. The summed E-state index contributed by atoms with van der Waals surface area (Å²) >= 11 is 0. The van der Waals surface area contributed by atoms with Crippen molar-refractivity contribution in [2.45, 2.75) is 38.6 Å². The molecule has 2 aliphatic rings. The van der Waals surface area contributed by atoms with Crippen molar-refractivity contribution in [3.8, 4) is 0 Å². The van der Waals surface area contributed by atoms with E-state index >= 15 is 0 Å². The zero-order valence-corrected chi connectivity index (χ0v) is 12.2. The first-order chi connectivity index (χ1) is 10.2. The Morgan fingerprint density at radius 3 is 2.57 bits per heavy atom. The SMILES string of the molecule is CCCNC(c1ccc2c(c1)NC(=O)CC(=O)N2)C1CC1. The zero-order chi connectivity index (χ0) is 14.8. The van der Waals surface area contributed by atoms with Crippen LogP contribution in [0.3, 0.4) is 0 Å². The Balaban J connectivity index is 1.87. The Morgan fingerprint density at radius 1 is 1.19 bits per heavy atom. The first-order valence-electron chi connectivity index (χ1n) is 7.64. The molecule has 21 heavy (non-hydrogen) atoms. The van der Waals surface area contributed by atoms with Crippen LogP contribution in [-0.2, 0) is 9.59 Å². The quantitative estimate of drug-likeness (QED) is 0.728. The highest BCUT2D eigenvalue weighted by Crippen LogP contribution is 2.42. The van der Waals surface area contributed by atoms with E-state index in [4.69, 9.17) is 0 Å². The van der Waals surface area contributed by atoms with Crippen LogP contribution in [0.1, 0.15) is 44.2 Å². The summed E-state index contributed by atoms with van der Waals surface area (Å²) in [6, 6.07) is 6.26. The van der Waals surface area contributed by atoms with Crippen LogP contribution < -0.4 is 16.0 Å². The number of benzene rings is 1. The van der Waals surface area contributed by atoms with Crippen molar-refractivity contribution in [1.29, 1.82) is 0 Å². The lowest BCUT2D eigenvalue weighted by Crippen LogP contribution is -2.24. The normalized spacial score (nSPS) is 19.3. The van der Waals surface area contributed by atoms with Gasteiger partial charge in [-0.3, -0.25) is 9.59 Å². The second-order valence-corrected chi connectivity index (χ2v) is 5.85. The maximum atomic E-state index is 11.7. The third kappa shape index (κ3) is 3.24. The van der Waals surface area contributed by atoms with E-state index in [0.717, 1.165) is 13.0 Å². The minimum atomic E-state index is -0.262. The lowest BCUT2D eigenvalue weighted by atomic mass is 10.0. The molecule has 3 N–H and O–H groups in total. The predicted molar refractivity (Wildman–Crippen MR) is 82.1 cm³/mol. The summed E-state index contributed by atoms with van der Waals surface area (Å²) in [7, 11) is 0. The summed E-state index contributed by atoms with van der Waals surface area (Å²) in [4.78, 5) is 23.2. The molecule has 1 aliphatic carbocycles. The van der Waals surface area contributed by atoms with Crippen LogP contribution in [0.5, 0.6) is 0 Å². The smallest absolute Gasteiger partial charge is 0.233 e. The van der Waals surface area contributed by atoms with E-state index in [1.165, 1.54) is 18.4 Å². The Labute approximate surface area is 124 Å². The van der Waals surface area contributed by atoms with E-state index in [-0.39, 0.29) is 18.2 Å². The van der Waals surface area contributed by atoms with E-state index in [1.807, 2.05) is 18.2 Å². The molecule has 1 atom stereocenters. The number of anilines is 2. The first kappa shape index (κ1) is 14.1. The van der Waals surface area contributed by atoms with Gasteiger partial charge in [0.1, 0.15) is 6.42 Å². The molecule has 3 rings (SSSR count). The summed E-state index contributed by atoms with van der Waals surface area (Å²) in [6.07, 6.45) is 3.48. The van der Waals surface area contributed by atoms with E-state index in [9.17, 15) is 9.59 Å². The number of carbonyl (C=O) groups is 2. The Kier molecular flexibility index (Phi) is 3.92. The Hall–Kier alpha value is -1.88. The van der Waals surface area contributed by atoms with Crippen LogP contribution in [0.2, 0.25) is 0 Å².